The largest absolute Gasteiger partial charge is 0.399 e. The Hall–Kier alpha value is -1.18. The predicted octanol–water partition coefficient (Wildman–Crippen LogP) is 3.86. The number of hydrogen-bond acceptors (Lipinski definition) is 1. The Kier molecular flexibility index (Phi) is 9.59. The van der Waals surface area contributed by atoms with Crippen LogP contribution in [0, 0.1) is 0 Å². The number of nitrogens with two attached hydrogens (primary N) is 1. The van der Waals surface area contributed by atoms with Crippen molar-refractivity contribution in [2.45, 2.75) is 38.8 Å². The summed E-state index contributed by atoms with van der Waals surface area (Å²) in [5, 5.41) is 0. The molecule has 2 N–H and O–H groups in total. The first-order chi connectivity index (χ1) is 7.74. The molecular formula is C14H23BN. The van der Waals surface area contributed by atoms with Crippen LogP contribution in [0.1, 0.15) is 26.2 Å². The molecule has 0 atom stereocenters. The number of unbranched alkanes of at least 4 members (excludes halogenated alkanes) is 2. The molecule has 0 aromatic rings. The average Bonchev–Trinajstić information content (AvgIpc) is 2.32. The van der Waals surface area contributed by atoms with E-state index in [2.05, 4.69) is 27.4 Å². The van der Waals surface area contributed by atoms with Crippen molar-refractivity contribution >= 4 is 7.28 Å². The summed E-state index contributed by atoms with van der Waals surface area (Å²) in [6, 6.07) is 0. The molecule has 0 aromatic heterocycles. The maximum Gasteiger partial charge on any atom is 0.115 e. The topological polar surface area (TPSA) is 26.0 Å². The van der Waals surface area contributed by atoms with Gasteiger partial charge < -0.3 is 5.73 Å². The Bertz CT molecular complexity index is 264. The molecule has 1 nitrogen and oxygen atoms in total. The number of allylic oxidation sites excluding steroid dienone is 5. The zero-order valence-corrected chi connectivity index (χ0v) is 10.4. The normalized spacial score (nSPS) is 12.3. The molecule has 0 amide bonds. The van der Waals surface area contributed by atoms with Crippen LogP contribution >= 0.6 is 0 Å². The number of rotatable bonds is 9. The van der Waals surface area contributed by atoms with Crippen molar-refractivity contribution in [1.29, 1.82) is 0 Å². The van der Waals surface area contributed by atoms with Gasteiger partial charge in [-0.15, -0.1) is 0 Å². The summed E-state index contributed by atoms with van der Waals surface area (Å²) in [6.45, 7) is 9.62. The molecule has 0 heterocycles. The number of hydrogen-bond donors (Lipinski definition) is 1. The van der Waals surface area contributed by atoms with Gasteiger partial charge in [0.15, 0.2) is 0 Å². The van der Waals surface area contributed by atoms with E-state index in [1.54, 1.807) is 6.08 Å². The maximum absolute atomic E-state index is 5.62. The molecule has 16 heavy (non-hydrogen) atoms. The van der Waals surface area contributed by atoms with Crippen molar-refractivity contribution < 1.29 is 0 Å². The molecule has 0 aliphatic rings. The standard InChI is InChI=1S/C14H23BN/c1-4-7-8-11-15-12-13(5-2)9-10-14(16)6-3/h5-6,9-10H,2-4,7-8,11-12,16H2,1H3/b13-9+,14-10+. The first-order valence-corrected chi connectivity index (χ1v) is 5.97. The van der Waals surface area contributed by atoms with Crippen molar-refractivity contribution in [2.24, 2.45) is 5.73 Å². The third-order valence-corrected chi connectivity index (χ3v) is 2.38. The summed E-state index contributed by atoms with van der Waals surface area (Å²) in [5.74, 6) is 0. The predicted molar refractivity (Wildman–Crippen MR) is 75.6 cm³/mol. The molecule has 2 heteroatoms. The molecule has 87 valence electrons. The highest BCUT2D eigenvalue weighted by molar-refractivity contribution is 6.36. The highest BCUT2D eigenvalue weighted by Crippen LogP contribution is 2.08. The molecule has 0 bridgehead atoms. The van der Waals surface area contributed by atoms with E-state index in [0.29, 0.717) is 5.70 Å². The maximum atomic E-state index is 5.62. The minimum Gasteiger partial charge on any atom is -0.399 e. The SMILES string of the molecule is C=C/C(=C\C=C(\N)C=C)C[B]CCCCC. The Morgan fingerprint density at radius 1 is 1.19 bits per heavy atom. The van der Waals surface area contributed by atoms with Gasteiger partial charge >= 0.3 is 0 Å². The fraction of sp³-hybridized carbons (Fsp3) is 0.429. The summed E-state index contributed by atoms with van der Waals surface area (Å²) in [4.78, 5) is 0. The summed E-state index contributed by atoms with van der Waals surface area (Å²) in [7, 11) is 2.31. The van der Waals surface area contributed by atoms with E-state index in [4.69, 9.17) is 5.73 Å². The van der Waals surface area contributed by atoms with Crippen LogP contribution in [0.25, 0.3) is 0 Å². The Morgan fingerprint density at radius 2 is 1.94 bits per heavy atom. The molecule has 0 spiro atoms. The second kappa shape index (κ2) is 10.3. The highest BCUT2D eigenvalue weighted by atomic mass is 14.5. The molecule has 0 saturated heterocycles. The van der Waals surface area contributed by atoms with E-state index in [-0.39, 0.29) is 0 Å². The molecule has 0 aliphatic heterocycles. The van der Waals surface area contributed by atoms with Gasteiger partial charge in [-0.2, -0.15) is 0 Å². The molecule has 0 aliphatic carbocycles. The zero-order chi connectivity index (χ0) is 12.2. The quantitative estimate of drug-likeness (QED) is 0.353. The van der Waals surface area contributed by atoms with Crippen LogP contribution < -0.4 is 5.73 Å². The lowest BCUT2D eigenvalue weighted by atomic mass is 9.67. The van der Waals surface area contributed by atoms with E-state index in [1.165, 1.54) is 31.2 Å². The van der Waals surface area contributed by atoms with Gasteiger partial charge in [0.25, 0.3) is 0 Å². The van der Waals surface area contributed by atoms with E-state index >= 15 is 0 Å². The van der Waals surface area contributed by atoms with Crippen LogP contribution in [0.3, 0.4) is 0 Å². The van der Waals surface area contributed by atoms with Crippen LogP contribution in [-0.2, 0) is 0 Å². The Morgan fingerprint density at radius 3 is 2.50 bits per heavy atom. The first kappa shape index (κ1) is 14.8. The zero-order valence-electron chi connectivity index (χ0n) is 10.4. The first-order valence-electron chi connectivity index (χ1n) is 5.97. The Balaban J connectivity index is 3.91. The van der Waals surface area contributed by atoms with Gasteiger partial charge in [0.2, 0.25) is 0 Å². The van der Waals surface area contributed by atoms with Gasteiger partial charge in [-0.3, -0.25) is 0 Å². The van der Waals surface area contributed by atoms with E-state index in [0.717, 1.165) is 6.32 Å². The second-order valence-electron chi connectivity index (χ2n) is 3.81. The summed E-state index contributed by atoms with van der Waals surface area (Å²) in [5.41, 5.74) is 7.51. The molecule has 0 unspecified atom stereocenters. The van der Waals surface area contributed by atoms with Crippen LogP contribution in [0.2, 0.25) is 12.6 Å². The smallest absolute Gasteiger partial charge is 0.115 e. The summed E-state index contributed by atoms with van der Waals surface area (Å²) < 4.78 is 0. The molecule has 0 fully saturated rings. The van der Waals surface area contributed by atoms with E-state index < -0.39 is 0 Å². The van der Waals surface area contributed by atoms with Crippen LogP contribution in [0.5, 0.6) is 0 Å². The molecule has 0 saturated carbocycles. The van der Waals surface area contributed by atoms with Crippen LogP contribution in [0.4, 0.5) is 0 Å². The van der Waals surface area contributed by atoms with E-state index in [1.807, 2.05) is 18.2 Å². The molecule has 0 aromatic carbocycles. The Labute approximate surface area is 101 Å². The van der Waals surface area contributed by atoms with Crippen LogP contribution in [-0.4, -0.2) is 7.28 Å². The fourth-order valence-corrected chi connectivity index (χ4v) is 1.30. The monoisotopic (exact) mass is 216 g/mol. The van der Waals surface area contributed by atoms with E-state index in [9.17, 15) is 0 Å². The molecule has 1 radical (unpaired) electrons. The van der Waals surface area contributed by atoms with Crippen molar-refractivity contribution in [2.75, 3.05) is 0 Å². The molecule has 0 rings (SSSR count). The van der Waals surface area contributed by atoms with Gasteiger partial charge in [0.1, 0.15) is 7.28 Å². The lowest BCUT2D eigenvalue weighted by molar-refractivity contribution is 0.768. The van der Waals surface area contributed by atoms with Crippen molar-refractivity contribution in [3.8, 4) is 0 Å². The third-order valence-electron chi connectivity index (χ3n) is 2.38. The van der Waals surface area contributed by atoms with Gasteiger partial charge in [-0.05, 0) is 12.2 Å². The van der Waals surface area contributed by atoms with Gasteiger partial charge in [0.05, 0.1) is 0 Å². The minimum absolute atomic E-state index is 0.685. The molecular weight excluding hydrogens is 193 g/mol. The second-order valence-corrected chi connectivity index (χ2v) is 3.81. The lowest BCUT2D eigenvalue weighted by Crippen LogP contribution is -1.93. The minimum atomic E-state index is 0.685. The van der Waals surface area contributed by atoms with Crippen molar-refractivity contribution in [3.05, 3.63) is 48.7 Å². The van der Waals surface area contributed by atoms with Crippen molar-refractivity contribution in [1.82, 2.24) is 0 Å². The van der Waals surface area contributed by atoms with Gasteiger partial charge in [-0.1, -0.05) is 69.7 Å². The average molecular weight is 216 g/mol. The van der Waals surface area contributed by atoms with Gasteiger partial charge in [0, 0.05) is 5.70 Å². The van der Waals surface area contributed by atoms with Crippen LogP contribution in [0.15, 0.2) is 48.7 Å². The van der Waals surface area contributed by atoms with Crippen molar-refractivity contribution in [3.63, 3.8) is 0 Å². The lowest BCUT2D eigenvalue weighted by Gasteiger charge is -2.00. The summed E-state index contributed by atoms with van der Waals surface area (Å²) >= 11 is 0. The third kappa shape index (κ3) is 8.16. The van der Waals surface area contributed by atoms with Gasteiger partial charge in [-0.25, -0.2) is 0 Å². The fourth-order valence-electron chi connectivity index (χ4n) is 1.30. The summed E-state index contributed by atoms with van der Waals surface area (Å²) in [6.07, 6.45) is 13.4. The highest BCUT2D eigenvalue weighted by Gasteiger charge is 1.94.